The van der Waals surface area contributed by atoms with Gasteiger partial charge in [0, 0.05) is 12.2 Å². The molecule has 0 radical (unpaired) electrons. The van der Waals surface area contributed by atoms with E-state index in [0.29, 0.717) is 24.4 Å². The second-order valence-electron chi connectivity index (χ2n) is 9.68. The van der Waals surface area contributed by atoms with Crippen LogP contribution in [0.2, 0.25) is 37.3 Å². The molecular weight excluding hydrogens is 495 g/mol. The molecule has 0 bridgehead atoms. The molecule has 0 spiro atoms. The molecular formula is C25H42CoO5Si2-2. The molecule has 8 heteroatoms. The first-order valence-electron chi connectivity index (χ1n) is 12.2. The van der Waals surface area contributed by atoms with Gasteiger partial charge in [0.2, 0.25) is 0 Å². The van der Waals surface area contributed by atoms with Gasteiger partial charge in [-0.15, -0.1) is 0 Å². The number of carbonyl (C=O) groups excluding carboxylic acids is 1. The molecule has 0 aliphatic carbocycles. The predicted molar refractivity (Wildman–Crippen MR) is 133 cm³/mol. The van der Waals surface area contributed by atoms with Gasteiger partial charge in [0.25, 0.3) is 5.97 Å². The van der Waals surface area contributed by atoms with Gasteiger partial charge in [0.05, 0.1) is 6.61 Å². The summed E-state index contributed by atoms with van der Waals surface area (Å²) < 4.78 is 25.4. The Morgan fingerprint density at radius 3 is 2.18 bits per heavy atom. The summed E-state index contributed by atoms with van der Waals surface area (Å²) >= 11 is 2.31. The van der Waals surface area contributed by atoms with Gasteiger partial charge in [-0.25, -0.2) is 0 Å². The molecule has 0 N–H and O–H groups in total. The number of benzene rings is 1. The minimum atomic E-state index is -1.55. The van der Waals surface area contributed by atoms with Crippen LogP contribution in [-0.4, -0.2) is 41.4 Å². The zero-order chi connectivity index (χ0) is 24.7. The van der Waals surface area contributed by atoms with Gasteiger partial charge in [-0.1, -0.05) is 24.4 Å². The fourth-order valence-corrected chi connectivity index (χ4v) is 11.4. The van der Waals surface area contributed by atoms with Crippen molar-refractivity contribution in [3.8, 4) is 0 Å². The van der Waals surface area contributed by atoms with E-state index in [0.717, 1.165) is 18.9 Å². The molecule has 5 nitrogen and oxygen atoms in total. The maximum absolute atomic E-state index is 11.8. The standard InChI is InChI=1S/C16H23O3Si.C9H19OSi.Co.O/c1-14-8-6-12-20(2,19-14)13-7-11-18-16(17)15-9-4-3-5-10-15;1-4-7-11(3)8-5-6-9(2)10-11;;/h3-4,9-10,14H,6-8,11-13H2,1-2H3;9H,1,4-8H2,2-3H3;;/q2*-1;;. The van der Waals surface area contributed by atoms with E-state index in [-0.39, 0.29) is 5.97 Å². The van der Waals surface area contributed by atoms with Crippen molar-refractivity contribution in [2.45, 2.75) is 102 Å². The van der Waals surface area contributed by atoms with Crippen molar-refractivity contribution in [1.29, 1.82) is 0 Å². The Balaban J connectivity index is 0.000000354. The number of esters is 1. The monoisotopic (exact) mass is 537 g/mol. The van der Waals surface area contributed by atoms with Crippen LogP contribution in [0.1, 0.15) is 62.7 Å². The summed E-state index contributed by atoms with van der Waals surface area (Å²) in [6, 6.07) is 14.8. The average Bonchev–Trinajstić information content (AvgIpc) is 2.79. The van der Waals surface area contributed by atoms with Crippen LogP contribution in [0, 0.1) is 13.0 Å². The maximum atomic E-state index is 11.8. The fraction of sp³-hybridized carbons (Fsp3) is 0.680. The van der Waals surface area contributed by atoms with Crippen molar-refractivity contribution in [1.82, 2.24) is 0 Å². The van der Waals surface area contributed by atoms with Crippen LogP contribution in [0.5, 0.6) is 0 Å². The topological polar surface area (TPSA) is 61.8 Å². The van der Waals surface area contributed by atoms with Gasteiger partial charge in [0.15, 0.2) is 16.6 Å². The first-order chi connectivity index (χ1) is 15.8. The average molecular weight is 538 g/mol. The predicted octanol–water partition coefficient (Wildman–Crippen LogP) is 6.67. The van der Waals surface area contributed by atoms with Crippen molar-refractivity contribution >= 4 is 22.6 Å². The van der Waals surface area contributed by atoms with E-state index >= 15 is 0 Å². The Hall–Kier alpha value is -0.650. The summed E-state index contributed by atoms with van der Waals surface area (Å²) in [6.45, 7) is 13.4. The second-order valence-corrected chi connectivity index (χ2v) is 17.9. The zero-order valence-corrected chi connectivity index (χ0v) is 23.9. The van der Waals surface area contributed by atoms with Crippen LogP contribution in [0.4, 0.5) is 0 Å². The van der Waals surface area contributed by atoms with Crippen molar-refractivity contribution in [2.24, 2.45) is 0 Å². The molecule has 2 heterocycles. The fourth-order valence-electron chi connectivity index (χ4n) is 4.69. The molecule has 4 unspecified atom stereocenters. The normalized spacial score (nSPS) is 29.0. The van der Waals surface area contributed by atoms with Crippen LogP contribution in [0.15, 0.2) is 24.3 Å². The third kappa shape index (κ3) is 12.0. The van der Waals surface area contributed by atoms with Crippen LogP contribution in [-0.2, 0) is 33.1 Å². The molecule has 2 saturated heterocycles. The van der Waals surface area contributed by atoms with E-state index in [2.05, 4.69) is 55.6 Å². The quantitative estimate of drug-likeness (QED) is 0.168. The van der Waals surface area contributed by atoms with Crippen LogP contribution < -0.4 is 0 Å². The van der Waals surface area contributed by atoms with Crippen molar-refractivity contribution in [3.05, 3.63) is 42.8 Å². The third-order valence-corrected chi connectivity index (χ3v) is 13.9. The Kier molecular flexibility index (Phi) is 14.8. The number of rotatable bonds is 7. The summed E-state index contributed by atoms with van der Waals surface area (Å²) in [4.78, 5) is 11.8. The van der Waals surface area contributed by atoms with Crippen molar-refractivity contribution < 1.29 is 37.9 Å². The van der Waals surface area contributed by atoms with Gasteiger partial charge < -0.3 is 20.5 Å². The SMILES string of the molecule is CC1CCC[Si](C)(CCCOC(=O)c2c[c-]ccc2)O1.[CH2-]CC[Si]1(C)CCCC(C)O1.[O]=[Co]. The van der Waals surface area contributed by atoms with Gasteiger partial charge in [0.1, 0.15) is 0 Å². The number of hydrogen-bond acceptors (Lipinski definition) is 5. The molecule has 4 atom stereocenters. The third-order valence-electron chi connectivity index (χ3n) is 6.34. The van der Waals surface area contributed by atoms with E-state index in [1.165, 1.54) is 43.8 Å². The first-order valence-corrected chi connectivity index (χ1v) is 18.2. The molecule has 1 aromatic rings. The molecule has 0 amide bonds. The molecule has 2 aliphatic heterocycles. The van der Waals surface area contributed by atoms with E-state index < -0.39 is 16.6 Å². The van der Waals surface area contributed by atoms with E-state index in [1.54, 1.807) is 24.3 Å². The molecule has 33 heavy (non-hydrogen) atoms. The molecule has 0 saturated carbocycles. The van der Waals surface area contributed by atoms with E-state index in [1.807, 2.05) is 0 Å². The summed E-state index contributed by atoms with van der Waals surface area (Å²) in [5, 5.41) is 0. The Morgan fingerprint density at radius 2 is 1.70 bits per heavy atom. The minimum absolute atomic E-state index is 0.258. The van der Waals surface area contributed by atoms with Crippen molar-refractivity contribution in [3.63, 3.8) is 0 Å². The summed E-state index contributed by atoms with van der Waals surface area (Å²) in [5.41, 5.74) is 0.568. The Bertz CT molecular complexity index is 676. The molecule has 1 aromatic carbocycles. The van der Waals surface area contributed by atoms with E-state index in [9.17, 15) is 4.79 Å². The van der Waals surface area contributed by atoms with Gasteiger partial charge in [-0.05, 0) is 64.3 Å². The van der Waals surface area contributed by atoms with E-state index in [4.69, 9.17) is 17.5 Å². The van der Waals surface area contributed by atoms with Gasteiger partial charge >= 0.3 is 19.5 Å². The zero-order valence-electron chi connectivity index (χ0n) is 20.8. The number of carbonyl (C=O) groups is 1. The number of hydrogen-bond donors (Lipinski definition) is 0. The van der Waals surface area contributed by atoms with Gasteiger partial charge in [-0.2, -0.15) is 36.8 Å². The van der Waals surface area contributed by atoms with Crippen LogP contribution in [0.3, 0.4) is 0 Å². The number of ether oxygens (including phenoxy) is 1. The first kappa shape index (κ1) is 30.4. The molecule has 2 fully saturated rings. The van der Waals surface area contributed by atoms with Crippen molar-refractivity contribution in [2.75, 3.05) is 6.61 Å². The molecule has 2 aliphatic rings. The molecule has 3 rings (SSSR count). The summed E-state index contributed by atoms with van der Waals surface area (Å²) in [7, 11) is -2.81. The second kappa shape index (κ2) is 16.1. The van der Waals surface area contributed by atoms with Gasteiger partial charge in [-0.3, -0.25) is 4.79 Å². The summed E-state index contributed by atoms with van der Waals surface area (Å²) in [6.07, 6.45) is 7.98. The molecule has 191 valence electrons. The Morgan fingerprint density at radius 1 is 1.12 bits per heavy atom. The summed E-state index contributed by atoms with van der Waals surface area (Å²) in [5.74, 6) is -0.258. The molecule has 0 aromatic heterocycles. The van der Waals surface area contributed by atoms with Crippen LogP contribution in [0.25, 0.3) is 0 Å². The van der Waals surface area contributed by atoms with Crippen LogP contribution >= 0.6 is 0 Å². The Labute approximate surface area is 211 Å².